The summed E-state index contributed by atoms with van der Waals surface area (Å²) in [5.41, 5.74) is 4.32. The Morgan fingerprint density at radius 1 is 1.00 bits per heavy atom. The molecule has 0 radical (unpaired) electrons. The first-order chi connectivity index (χ1) is 19.9. The number of carbonyl (C=O) groups excluding carboxylic acids is 2. The summed E-state index contributed by atoms with van der Waals surface area (Å²) in [5.74, 6) is 0.170. The van der Waals surface area contributed by atoms with E-state index in [0.717, 1.165) is 30.6 Å². The van der Waals surface area contributed by atoms with Crippen LogP contribution in [0.15, 0.2) is 85.1 Å². The van der Waals surface area contributed by atoms with Crippen LogP contribution < -0.4 is 15.4 Å². The van der Waals surface area contributed by atoms with Crippen LogP contribution >= 0.6 is 0 Å². The van der Waals surface area contributed by atoms with Crippen LogP contribution in [0.3, 0.4) is 0 Å². The largest absolute Gasteiger partial charge is 0.487 e. The number of fused-ring (bicyclic) bond motifs is 1. The Bertz CT molecular complexity index is 1450. The van der Waals surface area contributed by atoms with Gasteiger partial charge in [0.2, 0.25) is 5.91 Å². The first kappa shape index (κ1) is 27.2. The average Bonchev–Trinajstić information content (AvgIpc) is 3.28. The molecule has 3 unspecified atom stereocenters. The van der Waals surface area contributed by atoms with Crippen molar-refractivity contribution in [3.63, 3.8) is 0 Å². The standard InChI is InChI=1S/C33H35FN4O3/c1-22-10-13-30(32(39)36-22)38-20-25-17-27(11-12-28(25)33(38)40)41-31-21-37(19-24-8-5-9-26(34)16-24)15-14-29(31)35-18-23-6-3-2-4-7-23/h2-9,11-12,16-17,29-31,35H,1,10,13-15,18-21H2,(H,36,39). The number of benzene rings is 3. The van der Waals surface area contributed by atoms with Crippen molar-refractivity contribution in [3.05, 3.63) is 113 Å². The number of carbonyl (C=O) groups is 2. The molecule has 0 spiro atoms. The summed E-state index contributed by atoms with van der Waals surface area (Å²) in [4.78, 5) is 29.7. The number of halogens is 1. The SMILES string of the molecule is C=C1CCC(N2Cc3cc(OC4CN(Cc5cccc(F)c5)CCC4NCc4ccccc4)ccc3C2=O)C(=O)N1. The predicted octanol–water partition coefficient (Wildman–Crippen LogP) is 4.39. The maximum Gasteiger partial charge on any atom is 0.255 e. The van der Waals surface area contributed by atoms with Crippen molar-refractivity contribution in [1.82, 2.24) is 20.4 Å². The molecule has 3 aliphatic rings. The predicted molar refractivity (Wildman–Crippen MR) is 154 cm³/mol. The minimum atomic E-state index is -0.494. The van der Waals surface area contributed by atoms with Crippen molar-refractivity contribution < 1.29 is 18.7 Å². The van der Waals surface area contributed by atoms with Gasteiger partial charge in [0.15, 0.2) is 0 Å². The fraction of sp³-hybridized carbons (Fsp3) is 0.333. The van der Waals surface area contributed by atoms with Gasteiger partial charge >= 0.3 is 0 Å². The van der Waals surface area contributed by atoms with E-state index >= 15 is 0 Å². The fourth-order valence-corrected chi connectivity index (χ4v) is 6.09. The van der Waals surface area contributed by atoms with Crippen molar-refractivity contribution >= 4 is 11.8 Å². The van der Waals surface area contributed by atoms with Crippen LogP contribution in [0.2, 0.25) is 0 Å². The summed E-state index contributed by atoms with van der Waals surface area (Å²) in [5, 5.41) is 6.48. The van der Waals surface area contributed by atoms with Gasteiger partial charge in [-0.3, -0.25) is 14.5 Å². The van der Waals surface area contributed by atoms with Gasteiger partial charge < -0.3 is 20.3 Å². The summed E-state index contributed by atoms with van der Waals surface area (Å²) in [6.07, 6.45) is 1.97. The molecule has 6 rings (SSSR count). The summed E-state index contributed by atoms with van der Waals surface area (Å²) in [6, 6.07) is 22.3. The second-order valence-electron chi connectivity index (χ2n) is 11.2. The van der Waals surface area contributed by atoms with Crippen molar-refractivity contribution in [3.8, 4) is 5.75 Å². The molecule has 2 amide bonds. The Balaban J connectivity index is 1.17. The normalized spacial score (nSPS) is 22.9. The molecule has 2 N–H and O–H groups in total. The van der Waals surface area contributed by atoms with Gasteiger partial charge in [-0.05, 0) is 66.3 Å². The maximum absolute atomic E-state index is 13.8. The quantitative estimate of drug-likeness (QED) is 0.432. The zero-order chi connectivity index (χ0) is 28.3. The van der Waals surface area contributed by atoms with E-state index in [9.17, 15) is 14.0 Å². The number of likely N-dealkylation sites (tertiary alicyclic amines) is 1. The van der Waals surface area contributed by atoms with Gasteiger partial charge in [0.1, 0.15) is 23.7 Å². The highest BCUT2D eigenvalue weighted by Gasteiger charge is 2.38. The molecule has 3 aromatic rings. The molecule has 8 heteroatoms. The van der Waals surface area contributed by atoms with Gasteiger partial charge in [-0.1, -0.05) is 49.0 Å². The third-order valence-corrected chi connectivity index (χ3v) is 8.24. The Labute approximate surface area is 240 Å². The van der Waals surface area contributed by atoms with Crippen molar-refractivity contribution in [2.75, 3.05) is 13.1 Å². The Morgan fingerprint density at radius 2 is 1.83 bits per heavy atom. The monoisotopic (exact) mass is 554 g/mol. The highest BCUT2D eigenvalue weighted by Crippen LogP contribution is 2.32. The van der Waals surface area contributed by atoms with Gasteiger partial charge in [0.25, 0.3) is 5.91 Å². The number of hydrogen-bond acceptors (Lipinski definition) is 5. The molecular formula is C33H35FN4O3. The zero-order valence-corrected chi connectivity index (χ0v) is 23.0. The molecular weight excluding hydrogens is 519 g/mol. The molecule has 0 bridgehead atoms. The van der Waals surface area contributed by atoms with Gasteiger partial charge in [0.05, 0.1) is 0 Å². The maximum atomic E-state index is 13.8. The van der Waals surface area contributed by atoms with Crippen LogP contribution in [-0.2, 0) is 24.4 Å². The van der Waals surface area contributed by atoms with Gasteiger partial charge in [-0.25, -0.2) is 4.39 Å². The number of hydrogen-bond donors (Lipinski definition) is 2. The van der Waals surface area contributed by atoms with E-state index in [0.29, 0.717) is 49.5 Å². The lowest BCUT2D eigenvalue weighted by atomic mass is 10.00. The van der Waals surface area contributed by atoms with Crippen molar-refractivity contribution in [2.45, 2.75) is 57.1 Å². The number of amides is 2. The second-order valence-corrected chi connectivity index (χ2v) is 11.2. The van der Waals surface area contributed by atoms with Crippen LogP contribution in [0.25, 0.3) is 0 Å². The van der Waals surface area contributed by atoms with Crippen LogP contribution in [0.4, 0.5) is 4.39 Å². The molecule has 0 aromatic heterocycles. The zero-order valence-electron chi connectivity index (χ0n) is 23.0. The second kappa shape index (κ2) is 11.8. The molecule has 0 aliphatic carbocycles. The van der Waals surface area contributed by atoms with E-state index in [-0.39, 0.29) is 29.8 Å². The minimum absolute atomic E-state index is 0.115. The number of allylic oxidation sites excluding steroid dienone is 1. The van der Waals surface area contributed by atoms with Crippen molar-refractivity contribution in [1.29, 1.82) is 0 Å². The molecule has 0 saturated carbocycles. The summed E-state index contributed by atoms with van der Waals surface area (Å²) in [6.45, 7) is 7.15. The summed E-state index contributed by atoms with van der Waals surface area (Å²) in [7, 11) is 0. The van der Waals surface area contributed by atoms with Crippen LogP contribution in [-0.4, -0.2) is 52.9 Å². The number of rotatable bonds is 8. The topological polar surface area (TPSA) is 73.9 Å². The fourth-order valence-electron chi connectivity index (χ4n) is 6.09. The van der Waals surface area contributed by atoms with Crippen LogP contribution in [0, 0.1) is 5.82 Å². The van der Waals surface area contributed by atoms with Gasteiger partial charge in [-0.15, -0.1) is 0 Å². The van der Waals surface area contributed by atoms with E-state index in [1.165, 1.54) is 11.6 Å². The molecule has 2 fully saturated rings. The number of nitrogens with zero attached hydrogens (tertiary/aromatic N) is 2. The molecule has 3 heterocycles. The van der Waals surface area contributed by atoms with E-state index in [1.54, 1.807) is 17.0 Å². The first-order valence-corrected chi connectivity index (χ1v) is 14.3. The molecule has 212 valence electrons. The van der Waals surface area contributed by atoms with E-state index in [2.05, 4.69) is 34.2 Å². The lowest BCUT2D eigenvalue weighted by Crippen LogP contribution is -2.54. The van der Waals surface area contributed by atoms with E-state index < -0.39 is 6.04 Å². The molecule has 7 nitrogen and oxygen atoms in total. The first-order valence-electron chi connectivity index (χ1n) is 14.3. The molecule has 3 aliphatic heterocycles. The Kier molecular flexibility index (Phi) is 7.85. The number of ether oxygens (including phenoxy) is 1. The molecule has 3 atom stereocenters. The van der Waals surface area contributed by atoms with Crippen LogP contribution in [0.1, 0.15) is 46.3 Å². The highest BCUT2D eigenvalue weighted by molar-refractivity contribution is 6.01. The Hall–Kier alpha value is -4.01. The average molecular weight is 555 g/mol. The minimum Gasteiger partial charge on any atom is -0.487 e. The lowest BCUT2D eigenvalue weighted by Gasteiger charge is -2.39. The van der Waals surface area contributed by atoms with E-state index in [4.69, 9.17) is 4.74 Å². The Morgan fingerprint density at radius 3 is 2.63 bits per heavy atom. The summed E-state index contributed by atoms with van der Waals surface area (Å²) >= 11 is 0. The number of nitrogens with one attached hydrogen (secondary N) is 2. The molecule has 3 aromatic carbocycles. The highest BCUT2D eigenvalue weighted by atomic mass is 19.1. The van der Waals surface area contributed by atoms with Gasteiger partial charge in [0, 0.05) is 50.0 Å². The third kappa shape index (κ3) is 6.19. The van der Waals surface area contributed by atoms with E-state index in [1.807, 2.05) is 42.5 Å². The lowest BCUT2D eigenvalue weighted by molar-refractivity contribution is -0.126. The number of piperidine rings is 2. The molecule has 41 heavy (non-hydrogen) atoms. The smallest absolute Gasteiger partial charge is 0.255 e. The molecule has 2 saturated heterocycles. The van der Waals surface area contributed by atoms with Crippen LogP contribution in [0.5, 0.6) is 5.75 Å². The third-order valence-electron chi connectivity index (χ3n) is 8.24. The van der Waals surface area contributed by atoms with Gasteiger partial charge in [-0.2, -0.15) is 0 Å². The summed E-state index contributed by atoms with van der Waals surface area (Å²) < 4.78 is 20.4. The van der Waals surface area contributed by atoms with Crippen molar-refractivity contribution in [2.24, 2.45) is 0 Å².